The van der Waals surface area contributed by atoms with Crippen molar-refractivity contribution in [1.82, 2.24) is 15.1 Å². The van der Waals surface area contributed by atoms with Gasteiger partial charge in [0.25, 0.3) is 0 Å². The summed E-state index contributed by atoms with van der Waals surface area (Å²) in [5.74, 6) is -1.12. The predicted molar refractivity (Wildman–Crippen MR) is 103 cm³/mol. The molecule has 0 saturated carbocycles. The van der Waals surface area contributed by atoms with Gasteiger partial charge in [0.2, 0.25) is 5.91 Å². The molecule has 0 radical (unpaired) electrons. The molecule has 1 aromatic carbocycles. The number of aryl methyl sites for hydroxylation is 2. The third kappa shape index (κ3) is 5.29. The normalized spacial score (nSPS) is 10.8. The number of likely N-dealkylation sites (N-methyl/N-ethyl adjacent to an activating group) is 1. The van der Waals surface area contributed by atoms with Crippen molar-refractivity contribution in [1.29, 1.82) is 0 Å². The molecule has 0 aliphatic heterocycles. The molecule has 0 aliphatic rings. The van der Waals surface area contributed by atoms with Gasteiger partial charge in [-0.2, -0.15) is 5.10 Å². The molecule has 0 bridgehead atoms. The predicted octanol–water partition coefficient (Wildman–Crippen LogP) is 3.47. The number of urea groups is 1. The molecule has 0 atom stereocenters. The highest BCUT2D eigenvalue weighted by Gasteiger charge is 2.14. The van der Waals surface area contributed by atoms with Crippen molar-refractivity contribution < 1.29 is 14.0 Å². The highest BCUT2D eigenvalue weighted by molar-refractivity contribution is 5.94. The number of nitrogens with one attached hydrogen (secondary N) is 3. The first kappa shape index (κ1) is 20.4. The number of hydrogen-bond donors (Lipinski definition) is 3. The molecule has 0 fully saturated rings. The molecule has 0 spiro atoms. The number of hydrogen-bond acceptors (Lipinski definition) is 3. The summed E-state index contributed by atoms with van der Waals surface area (Å²) in [5, 5.41) is 12.3. The Morgan fingerprint density at radius 3 is 2.56 bits per heavy atom. The van der Waals surface area contributed by atoms with E-state index in [4.69, 9.17) is 0 Å². The van der Waals surface area contributed by atoms with Crippen LogP contribution in [0.1, 0.15) is 30.8 Å². The van der Waals surface area contributed by atoms with Crippen LogP contribution in [0.25, 0.3) is 0 Å². The number of halogens is 1. The van der Waals surface area contributed by atoms with Crippen molar-refractivity contribution in [3.05, 3.63) is 41.0 Å². The maximum atomic E-state index is 13.9. The summed E-state index contributed by atoms with van der Waals surface area (Å²) < 4.78 is 13.9. The Morgan fingerprint density at radius 2 is 1.96 bits per heavy atom. The molecule has 27 heavy (non-hydrogen) atoms. The van der Waals surface area contributed by atoms with E-state index in [0.29, 0.717) is 18.7 Å². The number of carbonyl (C=O) groups is 2. The topological polar surface area (TPSA) is 90.1 Å². The van der Waals surface area contributed by atoms with Crippen LogP contribution in [0.4, 0.5) is 20.6 Å². The third-order valence-electron chi connectivity index (χ3n) is 4.32. The first-order chi connectivity index (χ1) is 12.7. The van der Waals surface area contributed by atoms with Gasteiger partial charge in [-0.05, 0) is 44.0 Å². The molecule has 1 aromatic heterocycles. The van der Waals surface area contributed by atoms with Crippen molar-refractivity contribution in [2.75, 3.05) is 24.2 Å². The fourth-order valence-electron chi connectivity index (χ4n) is 2.52. The number of nitrogens with zero attached hydrogens (tertiary/aromatic N) is 2. The molecular weight excluding hydrogens is 349 g/mol. The Balaban J connectivity index is 1.99. The summed E-state index contributed by atoms with van der Waals surface area (Å²) in [4.78, 5) is 25.7. The van der Waals surface area contributed by atoms with Crippen LogP contribution in [0.2, 0.25) is 0 Å². The summed E-state index contributed by atoms with van der Waals surface area (Å²) >= 11 is 0. The van der Waals surface area contributed by atoms with Crippen molar-refractivity contribution in [3.8, 4) is 0 Å². The van der Waals surface area contributed by atoms with Crippen LogP contribution in [0.5, 0.6) is 0 Å². The largest absolute Gasteiger partial charge is 0.327 e. The van der Waals surface area contributed by atoms with Crippen LogP contribution in [-0.4, -0.2) is 40.6 Å². The molecule has 0 unspecified atom stereocenters. The third-order valence-corrected chi connectivity index (χ3v) is 4.32. The first-order valence-corrected chi connectivity index (χ1v) is 8.82. The number of aromatic amines is 1. The van der Waals surface area contributed by atoms with Gasteiger partial charge in [0.1, 0.15) is 5.82 Å². The zero-order valence-corrected chi connectivity index (χ0v) is 16.3. The lowest BCUT2D eigenvalue weighted by atomic mass is 10.1. The van der Waals surface area contributed by atoms with Crippen LogP contribution >= 0.6 is 0 Å². The van der Waals surface area contributed by atoms with E-state index in [9.17, 15) is 14.0 Å². The standard InChI is InChI=1S/C19H26FN5O2/c1-11(2)18(26)22-17-10-14(6-7-16(17)20)21-19(27)25(5)9-8-15-12(3)23-24-13(15)4/h6-7,10-11H,8-9H2,1-5H3,(H,21,27)(H,22,26)(H,23,24). The van der Waals surface area contributed by atoms with E-state index in [1.165, 1.54) is 18.2 Å². The fourth-order valence-corrected chi connectivity index (χ4v) is 2.52. The van der Waals surface area contributed by atoms with Gasteiger partial charge in [0.05, 0.1) is 11.4 Å². The van der Waals surface area contributed by atoms with E-state index in [1.807, 2.05) is 13.8 Å². The molecule has 0 aliphatic carbocycles. The maximum Gasteiger partial charge on any atom is 0.321 e. The van der Waals surface area contributed by atoms with Crippen LogP contribution in [-0.2, 0) is 11.2 Å². The van der Waals surface area contributed by atoms with E-state index in [-0.39, 0.29) is 23.5 Å². The van der Waals surface area contributed by atoms with E-state index < -0.39 is 5.82 Å². The number of aromatic nitrogens is 2. The van der Waals surface area contributed by atoms with E-state index in [0.717, 1.165) is 17.0 Å². The van der Waals surface area contributed by atoms with Gasteiger partial charge in [-0.1, -0.05) is 13.8 Å². The van der Waals surface area contributed by atoms with Crippen molar-refractivity contribution in [2.24, 2.45) is 5.92 Å². The summed E-state index contributed by atoms with van der Waals surface area (Å²) in [6, 6.07) is 3.76. The average Bonchev–Trinajstić information content (AvgIpc) is 2.93. The Kier molecular flexibility index (Phi) is 6.55. The number of rotatable bonds is 6. The Labute approximate surface area is 158 Å². The van der Waals surface area contributed by atoms with Crippen molar-refractivity contribution in [3.63, 3.8) is 0 Å². The zero-order chi connectivity index (χ0) is 20.1. The lowest BCUT2D eigenvalue weighted by Crippen LogP contribution is -2.33. The fraction of sp³-hybridized carbons (Fsp3) is 0.421. The Bertz CT molecular complexity index is 812. The molecule has 1 heterocycles. The lowest BCUT2D eigenvalue weighted by molar-refractivity contribution is -0.118. The van der Waals surface area contributed by atoms with Crippen LogP contribution in [0, 0.1) is 25.6 Å². The van der Waals surface area contributed by atoms with Crippen molar-refractivity contribution in [2.45, 2.75) is 34.1 Å². The minimum absolute atomic E-state index is 0.0406. The molecule has 3 N–H and O–H groups in total. The van der Waals surface area contributed by atoms with Gasteiger partial charge in [-0.3, -0.25) is 9.89 Å². The van der Waals surface area contributed by atoms with Crippen molar-refractivity contribution >= 4 is 23.3 Å². The van der Waals surface area contributed by atoms with E-state index in [1.54, 1.807) is 25.8 Å². The summed E-state index contributed by atoms with van der Waals surface area (Å²) in [5.41, 5.74) is 3.45. The molecule has 8 heteroatoms. The number of anilines is 2. The number of carbonyl (C=O) groups excluding carboxylic acids is 2. The molecule has 2 rings (SSSR count). The quantitative estimate of drug-likeness (QED) is 0.722. The van der Waals surface area contributed by atoms with Gasteiger partial charge >= 0.3 is 6.03 Å². The highest BCUT2D eigenvalue weighted by Crippen LogP contribution is 2.21. The van der Waals surface area contributed by atoms with Gasteiger partial charge < -0.3 is 15.5 Å². The van der Waals surface area contributed by atoms with Gasteiger partial charge in [0, 0.05) is 30.9 Å². The minimum atomic E-state index is -0.554. The number of amides is 3. The molecule has 7 nitrogen and oxygen atoms in total. The smallest absolute Gasteiger partial charge is 0.321 e. The first-order valence-electron chi connectivity index (χ1n) is 8.82. The van der Waals surface area contributed by atoms with Crippen LogP contribution in [0.15, 0.2) is 18.2 Å². The molecular formula is C19H26FN5O2. The molecule has 2 aromatic rings. The summed E-state index contributed by atoms with van der Waals surface area (Å²) in [6.07, 6.45) is 0.678. The van der Waals surface area contributed by atoms with Crippen LogP contribution in [0.3, 0.4) is 0 Å². The number of benzene rings is 1. The van der Waals surface area contributed by atoms with E-state index in [2.05, 4.69) is 20.8 Å². The van der Waals surface area contributed by atoms with Gasteiger partial charge in [-0.25, -0.2) is 9.18 Å². The summed E-state index contributed by atoms with van der Waals surface area (Å²) in [7, 11) is 1.69. The zero-order valence-electron chi connectivity index (χ0n) is 16.3. The number of H-pyrrole nitrogens is 1. The second-order valence-corrected chi connectivity index (χ2v) is 6.85. The molecule has 0 saturated heterocycles. The maximum absolute atomic E-state index is 13.9. The summed E-state index contributed by atoms with van der Waals surface area (Å²) in [6.45, 7) is 7.81. The van der Waals surface area contributed by atoms with E-state index >= 15 is 0 Å². The second-order valence-electron chi connectivity index (χ2n) is 6.85. The Morgan fingerprint density at radius 1 is 1.26 bits per heavy atom. The monoisotopic (exact) mass is 375 g/mol. The molecule has 3 amide bonds. The SMILES string of the molecule is Cc1n[nH]c(C)c1CCN(C)C(=O)Nc1ccc(F)c(NC(=O)C(C)C)c1. The Hall–Kier alpha value is -2.90. The lowest BCUT2D eigenvalue weighted by Gasteiger charge is -2.18. The second kappa shape index (κ2) is 8.66. The minimum Gasteiger partial charge on any atom is -0.327 e. The van der Waals surface area contributed by atoms with Crippen LogP contribution < -0.4 is 10.6 Å². The molecule has 146 valence electrons. The van der Waals surface area contributed by atoms with Gasteiger partial charge in [-0.15, -0.1) is 0 Å². The highest BCUT2D eigenvalue weighted by atomic mass is 19.1. The average molecular weight is 375 g/mol. The van der Waals surface area contributed by atoms with Gasteiger partial charge in [0.15, 0.2) is 0 Å².